The Morgan fingerprint density at radius 2 is 1.83 bits per heavy atom. The van der Waals surface area contributed by atoms with E-state index < -0.39 is 5.97 Å². The number of benzene rings is 2. The average Bonchev–Trinajstić information content (AvgIpc) is 2.98. The van der Waals surface area contributed by atoms with Gasteiger partial charge in [0.05, 0.1) is 11.3 Å². The highest BCUT2D eigenvalue weighted by molar-refractivity contribution is 7.99. The molecule has 0 radical (unpaired) electrons. The molecule has 24 heavy (non-hydrogen) atoms. The van der Waals surface area contributed by atoms with Gasteiger partial charge in [-0.25, -0.2) is 0 Å². The molecule has 2 aromatic carbocycles. The molecule has 0 aliphatic rings. The lowest BCUT2D eigenvalue weighted by Crippen LogP contribution is -2.03. The van der Waals surface area contributed by atoms with Crippen molar-refractivity contribution in [2.24, 2.45) is 0 Å². The first-order valence-corrected chi connectivity index (χ1v) is 8.20. The molecule has 3 rings (SSSR count). The van der Waals surface area contributed by atoms with Crippen molar-refractivity contribution in [3.63, 3.8) is 0 Å². The number of phenols is 1. The van der Waals surface area contributed by atoms with Gasteiger partial charge in [-0.3, -0.25) is 9.36 Å². The number of thioether (sulfide) groups is 1. The highest BCUT2D eigenvalue weighted by Crippen LogP contribution is 2.32. The molecule has 7 heteroatoms. The molecule has 0 spiro atoms. The molecule has 0 aliphatic heterocycles. The lowest BCUT2D eigenvalue weighted by molar-refractivity contribution is -0.133. The van der Waals surface area contributed by atoms with Crippen LogP contribution in [0, 0.1) is 6.92 Å². The molecule has 0 saturated carbocycles. The fraction of sp³-hybridized carbons (Fsp3) is 0.118. The van der Waals surface area contributed by atoms with Gasteiger partial charge >= 0.3 is 5.97 Å². The first kappa shape index (κ1) is 16.1. The number of carboxylic acids is 1. The standard InChI is InChI=1S/C17H15N3O3S/c1-11-6-8-12(9-7-11)20-16(13-4-2-3-5-14(13)21)18-19-17(20)24-10-15(22)23/h2-9,21H,10H2,1H3,(H,22,23). The quantitative estimate of drug-likeness (QED) is 0.693. The summed E-state index contributed by atoms with van der Waals surface area (Å²) in [7, 11) is 0. The number of aliphatic carboxylic acids is 1. The van der Waals surface area contributed by atoms with Crippen molar-refractivity contribution in [2.75, 3.05) is 5.75 Å². The Hall–Kier alpha value is -2.80. The van der Waals surface area contributed by atoms with E-state index in [-0.39, 0.29) is 11.5 Å². The Balaban J connectivity index is 2.14. The van der Waals surface area contributed by atoms with E-state index in [1.54, 1.807) is 28.8 Å². The number of rotatable bonds is 5. The van der Waals surface area contributed by atoms with Crippen molar-refractivity contribution in [3.8, 4) is 22.8 Å². The third kappa shape index (κ3) is 3.26. The van der Waals surface area contributed by atoms with Crippen molar-refractivity contribution in [2.45, 2.75) is 12.1 Å². The van der Waals surface area contributed by atoms with Gasteiger partial charge in [-0.1, -0.05) is 41.6 Å². The molecule has 0 saturated heterocycles. The zero-order valence-corrected chi connectivity index (χ0v) is 13.7. The van der Waals surface area contributed by atoms with Crippen LogP contribution >= 0.6 is 11.8 Å². The normalized spacial score (nSPS) is 10.7. The van der Waals surface area contributed by atoms with Gasteiger partial charge in [-0.15, -0.1) is 10.2 Å². The highest BCUT2D eigenvalue weighted by atomic mass is 32.2. The molecular weight excluding hydrogens is 326 g/mol. The Labute approximate surface area is 142 Å². The minimum absolute atomic E-state index is 0.0908. The molecule has 2 N–H and O–H groups in total. The lowest BCUT2D eigenvalue weighted by Gasteiger charge is -2.11. The van der Waals surface area contributed by atoms with Gasteiger partial charge in [0.1, 0.15) is 5.75 Å². The second-order valence-corrected chi connectivity index (χ2v) is 6.12. The summed E-state index contributed by atoms with van der Waals surface area (Å²) in [5, 5.41) is 27.8. The van der Waals surface area contributed by atoms with Gasteiger partial charge in [-0.2, -0.15) is 0 Å². The number of carboxylic acid groups (broad SMARTS) is 1. The average molecular weight is 341 g/mol. The van der Waals surface area contributed by atoms with E-state index >= 15 is 0 Å². The number of aromatic hydroxyl groups is 1. The number of phenolic OH excluding ortho intramolecular Hbond substituents is 1. The Kier molecular flexibility index (Phi) is 4.52. The van der Waals surface area contributed by atoms with Crippen LogP contribution in [0.4, 0.5) is 0 Å². The van der Waals surface area contributed by atoms with Gasteiger partial charge < -0.3 is 10.2 Å². The molecule has 0 atom stereocenters. The SMILES string of the molecule is Cc1ccc(-n2c(SCC(=O)O)nnc2-c2ccccc2O)cc1. The van der Waals surface area contributed by atoms with Crippen LogP contribution in [0.15, 0.2) is 53.7 Å². The first-order chi connectivity index (χ1) is 11.6. The minimum Gasteiger partial charge on any atom is -0.507 e. The van der Waals surface area contributed by atoms with Crippen molar-refractivity contribution >= 4 is 17.7 Å². The smallest absolute Gasteiger partial charge is 0.313 e. The van der Waals surface area contributed by atoms with E-state index in [1.165, 1.54) is 0 Å². The summed E-state index contributed by atoms with van der Waals surface area (Å²) >= 11 is 1.08. The highest BCUT2D eigenvalue weighted by Gasteiger charge is 2.18. The van der Waals surface area contributed by atoms with E-state index in [1.807, 2.05) is 31.2 Å². The Morgan fingerprint density at radius 3 is 2.50 bits per heavy atom. The third-order valence-corrected chi connectivity index (χ3v) is 4.31. The Bertz CT molecular complexity index is 875. The fourth-order valence-corrected chi connectivity index (χ4v) is 2.93. The van der Waals surface area contributed by atoms with Gasteiger partial charge in [0, 0.05) is 5.69 Å². The first-order valence-electron chi connectivity index (χ1n) is 7.21. The molecule has 6 nitrogen and oxygen atoms in total. The van der Waals surface area contributed by atoms with Crippen molar-refractivity contribution in [3.05, 3.63) is 54.1 Å². The zero-order chi connectivity index (χ0) is 17.1. The molecule has 1 aromatic heterocycles. The molecule has 1 heterocycles. The summed E-state index contributed by atoms with van der Waals surface area (Å²) in [6.45, 7) is 1.99. The van der Waals surface area contributed by atoms with E-state index in [0.717, 1.165) is 23.0 Å². The predicted molar refractivity (Wildman–Crippen MR) is 91.6 cm³/mol. The van der Waals surface area contributed by atoms with Crippen LogP contribution < -0.4 is 0 Å². The fourth-order valence-electron chi connectivity index (χ4n) is 2.25. The topological polar surface area (TPSA) is 88.2 Å². The molecule has 0 fully saturated rings. The number of hydrogen-bond acceptors (Lipinski definition) is 5. The monoisotopic (exact) mass is 341 g/mol. The van der Waals surface area contributed by atoms with Crippen LogP contribution in [0.1, 0.15) is 5.56 Å². The molecule has 0 aliphatic carbocycles. The van der Waals surface area contributed by atoms with Crippen LogP contribution in [0.25, 0.3) is 17.1 Å². The maximum absolute atomic E-state index is 10.9. The largest absolute Gasteiger partial charge is 0.507 e. The number of aromatic nitrogens is 3. The summed E-state index contributed by atoms with van der Waals surface area (Å²) in [6.07, 6.45) is 0. The van der Waals surface area contributed by atoms with Gasteiger partial charge in [0.25, 0.3) is 0 Å². The molecule has 0 unspecified atom stereocenters. The van der Waals surface area contributed by atoms with Crippen LogP contribution in [0.5, 0.6) is 5.75 Å². The number of carbonyl (C=O) groups is 1. The van der Waals surface area contributed by atoms with E-state index in [0.29, 0.717) is 16.5 Å². The number of hydrogen-bond donors (Lipinski definition) is 2. The van der Waals surface area contributed by atoms with Gasteiger partial charge in [0.2, 0.25) is 0 Å². The van der Waals surface area contributed by atoms with Crippen LogP contribution in [0.2, 0.25) is 0 Å². The number of aryl methyl sites for hydroxylation is 1. The summed E-state index contributed by atoms with van der Waals surface area (Å²) in [5.41, 5.74) is 2.44. The molecular formula is C17H15N3O3S. The molecule has 0 bridgehead atoms. The minimum atomic E-state index is -0.928. The summed E-state index contributed by atoms with van der Waals surface area (Å²) < 4.78 is 1.75. The van der Waals surface area contributed by atoms with Crippen LogP contribution in [-0.4, -0.2) is 36.7 Å². The maximum Gasteiger partial charge on any atom is 0.313 e. The van der Waals surface area contributed by atoms with E-state index in [9.17, 15) is 9.90 Å². The zero-order valence-electron chi connectivity index (χ0n) is 12.9. The van der Waals surface area contributed by atoms with Gasteiger partial charge in [0.15, 0.2) is 11.0 Å². The van der Waals surface area contributed by atoms with Crippen molar-refractivity contribution in [1.82, 2.24) is 14.8 Å². The van der Waals surface area contributed by atoms with E-state index in [4.69, 9.17) is 5.11 Å². The maximum atomic E-state index is 10.9. The van der Waals surface area contributed by atoms with Crippen molar-refractivity contribution < 1.29 is 15.0 Å². The molecule has 0 amide bonds. The Morgan fingerprint density at radius 1 is 1.12 bits per heavy atom. The van der Waals surface area contributed by atoms with Gasteiger partial charge in [-0.05, 0) is 31.2 Å². The lowest BCUT2D eigenvalue weighted by atomic mass is 10.1. The molecule has 3 aromatic rings. The predicted octanol–water partition coefficient (Wildman–Crippen LogP) is 3.13. The second kappa shape index (κ2) is 6.76. The second-order valence-electron chi connectivity index (χ2n) is 5.18. The van der Waals surface area contributed by atoms with E-state index in [2.05, 4.69) is 10.2 Å². The van der Waals surface area contributed by atoms with Crippen LogP contribution in [0.3, 0.4) is 0 Å². The van der Waals surface area contributed by atoms with Crippen molar-refractivity contribution in [1.29, 1.82) is 0 Å². The van der Waals surface area contributed by atoms with Crippen LogP contribution in [-0.2, 0) is 4.79 Å². The number of nitrogens with zero attached hydrogens (tertiary/aromatic N) is 3. The molecule has 122 valence electrons. The number of para-hydroxylation sites is 1. The summed E-state index contributed by atoms with van der Waals surface area (Å²) in [4.78, 5) is 10.9. The third-order valence-electron chi connectivity index (χ3n) is 3.40. The summed E-state index contributed by atoms with van der Waals surface area (Å²) in [6, 6.07) is 14.6. The summed E-state index contributed by atoms with van der Waals surface area (Å²) in [5.74, 6) is -0.495.